The molecule has 0 spiro atoms. The van der Waals surface area contributed by atoms with E-state index in [1.807, 2.05) is 49.0 Å². The van der Waals surface area contributed by atoms with Crippen molar-refractivity contribution in [3.8, 4) is 0 Å². The topological polar surface area (TPSA) is 46.6 Å². The van der Waals surface area contributed by atoms with Crippen molar-refractivity contribution in [3.63, 3.8) is 0 Å². The van der Waals surface area contributed by atoms with Gasteiger partial charge in [0.25, 0.3) is 0 Å². The normalized spacial score (nSPS) is 27.6. The summed E-state index contributed by atoms with van der Waals surface area (Å²) in [5, 5.41) is 0.364. The molecule has 22 heavy (non-hydrogen) atoms. The van der Waals surface area contributed by atoms with Crippen LogP contribution in [0.5, 0.6) is 0 Å². The van der Waals surface area contributed by atoms with Crippen LogP contribution in [-0.4, -0.2) is 46.5 Å². The first-order valence-electron chi connectivity index (χ1n) is 7.84. The molecule has 3 unspecified atom stereocenters. The van der Waals surface area contributed by atoms with E-state index in [1.165, 1.54) is 0 Å². The summed E-state index contributed by atoms with van der Waals surface area (Å²) in [6.07, 6.45) is 2.51. The molecule has 0 amide bonds. The van der Waals surface area contributed by atoms with E-state index in [-0.39, 0.29) is 23.8 Å². The molecule has 2 fully saturated rings. The fraction of sp³-hybridized carbons (Fsp3) is 0.529. The Labute approximate surface area is 135 Å². The maximum Gasteiger partial charge on any atom is 0.324 e. The highest BCUT2D eigenvalue weighted by Gasteiger charge is 2.47. The minimum atomic E-state index is -0.189. The quantitative estimate of drug-likeness (QED) is 0.617. The third-order valence-electron chi connectivity index (χ3n) is 4.38. The second-order valence-corrected chi connectivity index (χ2v) is 6.94. The average molecular weight is 319 g/mol. The van der Waals surface area contributed by atoms with Crippen molar-refractivity contribution >= 4 is 23.5 Å². The van der Waals surface area contributed by atoms with Gasteiger partial charge in [-0.25, -0.2) is 0 Å². The number of hydrogen-bond donors (Lipinski definition) is 0. The first kappa shape index (κ1) is 15.6. The Morgan fingerprint density at radius 1 is 1.27 bits per heavy atom. The van der Waals surface area contributed by atoms with E-state index in [9.17, 15) is 9.59 Å². The SMILES string of the molecule is CCOC(=O)C1CSC2CCC(CC(=O)c3ccccc3)N21. The number of esters is 1. The number of benzene rings is 1. The summed E-state index contributed by atoms with van der Waals surface area (Å²) < 4.78 is 5.19. The summed E-state index contributed by atoms with van der Waals surface area (Å²) in [7, 11) is 0. The molecule has 0 aliphatic carbocycles. The maximum absolute atomic E-state index is 12.4. The Kier molecular flexibility index (Phi) is 4.84. The van der Waals surface area contributed by atoms with Gasteiger partial charge in [0.05, 0.1) is 12.0 Å². The van der Waals surface area contributed by atoms with E-state index in [1.54, 1.807) is 0 Å². The Hall–Kier alpha value is -1.33. The van der Waals surface area contributed by atoms with Gasteiger partial charge in [-0.2, -0.15) is 0 Å². The first-order chi connectivity index (χ1) is 10.7. The van der Waals surface area contributed by atoms with Crippen molar-refractivity contribution in [1.82, 2.24) is 4.90 Å². The summed E-state index contributed by atoms with van der Waals surface area (Å²) >= 11 is 1.82. The van der Waals surface area contributed by atoms with Crippen LogP contribution in [0.4, 0.5) is 0 Å². The number of rotatable bonds is 5. The lowest BCUT2D eigenvalue weighted by molar-refractivity contribution is -0.148. The van der Waals surface area contributed by atoms with Gasteiger partial charge in [0.2, 0.25) is 0 Å². The van der Waals surface area contributed by atoms with Crippen LogP contribution < -0.4 is 0 Å². The van der Waals surface area contributed by atoms with Crippen LogP contribution in [0.25, 0.3) is 0 Å². The molecule has 0 saturated carbocycles. The molecule has 2 aliphatic rings. The highest BCUT2D eigenvalue weighted by molar-refractivity contribution is 8.00. The van der Waals surface area contributed by atoms with Crippen LogP contribution in [0.1, 0.15) is 36.5 Å². The zero-order valence-electron chi connectivity index (χ0n) is 12.7. The Balaban J connectivity index is 1.69. The number of thioether (sulfide) groups is 1. The molecule has 2 saturated heterocycles. The van der Waals surface area contributed by atoms with Crippen molar-refractivity contribution in [1.29, 1.82) is 0 Å². The summed E-state index contributed by atoms with van der Waals surface area (Å²) in [5.41, 5.74) is 0.755. The molecule has 2 heterocycles. The fourth-order valence-corrected chi connectivity index (χ4v) is 4.88. The molecule has 1 aromatic rings. The van der Waals surface area contributed by atoms with Crippen molar-refractivity contribution in [3.05, 3.63) is 35.9 Å². The molecule has 0 bridgehead atoms. The van der Waals surface area contributed by atoms with Gasteiger partial charge in [0.15, 0.2) is 5.78 Å². The molecular weight excluding hydrogens is 298 g/mol. The molecule has 0 N–H and O–H groups in total. The number of fused-ring (bicyclic) bond motifs is 1. The highest BCUT2D eigenvalue weighted by Crippen LogP contribution is 2.42. The van der Waals surface area contributed by atoms with Crippen LogP contribution >= 0.6 is 11.8 Å². The minimum Gasteiger partial charge on any atom is -0.465 e. The van der Waals surface area contributed by atoms with E-state index in [0.29, 0.717) is 18.4 Å². The van der Waals surface area contributed by atoms with Gasteiger partial charge in [-0.1, -0.05) is 30.3 Å². The third kappa shape index (κ3) is 3.06. The summed E-state index contributed by atoms with van der Waals surface area (Å²) in [5.74, 6) is 0.793. The van der Waals surface area contributed by atoms with E-state index in [2.05, 4.69) is 4.90 Å². The van der Waals surface area contributed by atoms with Crippen LogP contribution in [0, 0.1) is 0 Å². The lowest BCUT2D eigenvalue weighted by Gasteiger charge is -2.28. The number of nitrogens with zero attached hydrogens (tertiary/aromatic N) is 1. The van der Waals surface area contributed by atoms with Crippen molar-refractivity contribution in [2.75, 3.05) is 12.4 Å². The molecule has 118 valence electrons. The number of ketones is 1. The van der Waals surface area contributed by atoms with Crippen molar-refractivity contribution in [2.45, 2.75) is 43.6 Å². The Morgan fingerprint density at radius 3 is 2.77 bits per heavy atom. The average Bonchev–Trinajstić information content (AvgIpc) is 3.11. The second-order valence-electron chi connectivity index (χ2n) is 5.73. The van der Waals surface area contributed by atoms with Crippen LogP contribution in [0.3, 0.4) is 0 Å². The number of hydrogen-bond acceptors (Lipinski definition) is 5. The lowest BCUT2D eigenvalue weighted by atomic mass is 10.0. The van der Waals surface area contributed by atoms with Gasteiger partial charge in [-0.15, -0.1) is 11.8 Å². The van der Waals surface area contributed by atoms with E-state index < -0.39 is 0 Å². The predicted octanol–water partition coefficient (Wildman–Crippen LogP) is 2.73. The van der Waals surface area contributed by atoms with Gasteiger partial charge < -0.3 is 4.74 Å². The molecule has 0 radical (unpaired) electrons. The lowest BCUT2D eigenvalue weighted by Crippen LogP contribution is -2.45. The van der Waals surface area contributed by atoms with Gasteiger partial charge in [0, 0.05) is 23.8 Å². The second kappa shape index (κ2) is 6.84. The number of carbonyl (C=O) groups is 2. The molecule has 5 heteroatoms. The van der Waals surface area contributed by atoms with Crippen LogP contribution in [0.2, 0.25) is 0 Å². The Morgan fingerprint density at radius 2 is 2.05 bits per heavy atom. The largest absolute Gasteiger partial charge is 0.465 e. The molecule has 2 aliphatic heterocycles. The molecule has 1 aromatic carbocycles. The fourth-order valence-electron chi connectivity index (χ4n) is 3.37. The molecule has 3 atom stereocenters. The van der Waals surface area contributed by atoms with Crippen LogP contribution in [0.15, 0.2) is 30.3 Å². The molecule has 0 aromatic heterocycles. The molecular formula is C17H21NO3S. The van der Waals surface area contributed by atoms with Gasteiger partial charge >= 0.3 is 5.97 Å². The highest BCUT2D eigenvalue weighted by atomic mass is 32.2. The maximum atomic E-state index is 12.4. The van der Waals surface area contributed by atoms with Crippen LogP contribution in [-0.2, 0) is 9.53 Å². The predicted molar refractivity (Wildman–Crippen MR) is 86.9 cm³/mol. The van der Waals surface area contributed by atoms with E-state index in [4.69, 9.17) is 4.74 Å². The zero-order chi connectivity index (χ0) is 15.5. The smallest absolute Gasteiger partial charge is 0.324 e. The van der Waals surface area contributed by atoms with Gasteiger partial charge in [-0.3, -0.25) is 14.5 Å². The molecule has 4 nitrogen and oxygen atoms in total. The van der Waals surface area contributed by atoms with Gasteiger partial charge in [0.1, 0.15) is 6.04 Å². The number of ether oxygens (including phenoxy) is 1. The number of Topliss-reactive ketones (excluding diaryl/α,β-unsaturated/α-hetero) is 1. The third-order valence-corrected chi connectivity index (χ3v) is 5.75. The molecule has 3 rings (SSSR count). The standard InChI is InChI=1S/C17H21NO3S/c1-2-21-17(20)14-11-22-16-9-8-13(18(14)16)10-15(19)12-6-4-3-5-7-12/h3-7,13-14,16H,2,8-11H2,1H3. The summed E-state index contributed by atoms with van der Waals surface area (Å²) in [6.45, 7) is 2.24. The van der Waals surface area contributed by atoms with E-state index >= 15 is 0 Å². The van der Waals surface area contributed by atoms with Crippen molar-refractivity contribution < 1.29 is 14.3 Å². The monoisotopic (exact) mass is 319 g/mol. The first-order valence-corrected chi connectivity index (χ1v) is 8.89. The zero-order valence-corrected chi connectivity index (χ0v) is 13.6. The minimum absolute atomic E-state index is 0.142. The number of carbonyl (C=O) groups excluding carboxylic acids is 2. The van der Waals surface area contributed by atoms with Gasteiger partial charge in [-0.05, 0) is 19.8 Å². The summed E-state index contributed by atoms with van der Waals surface area (Å²) in [6, 6.07) is 9.37. The van der Waals surface area contributed by atoms with E-state index in [0.717, 1.165) is 24.2 Å². The Bertz CT molecular complexity index is 548. The summed E-state index contributed by atoms with van der Waals surface area (Å²) in [4.78, 5) is 26.8. The van der Waals surface area contributed by atoms with Crippen molar-refractivity contribution in [2.24, 2.45) is 0 Å².